The van der Waals surface area contributed by atoms with Crippen LogP contribution < -0.4 is 5.32 Å². The van der Waals surface area contributed by atoms with Gasteiger partial charge in [-0.05, 0) is 32.1 Å². The molecule has 2 amide bonds. The molecule has 0 aromatic rings. The van der Waals surface area contributed by atoms with Gasteiger partial charge in [-0.25, -0.2) is 4.79 Å². The van der Waals surface area contributed by atoms with Gasteiger partial charge in [-0.1, -0.05) is 26.2 Å². The van der Waals surface area contributed by atoms with Crippen molar-refractivity contribution in [2.45, 2.75) is 64.3 Å². The fourth-order valence-electron chi connectivity index (χ4n) is 3.43. The van der Waals surface area contributed by atoms with Crippen LogP contribution in [0, 0.1) is 5.41 Å². The highest BCUT2D eigenvalue weighted by Gasteiger charge is 2.42. The number of urea groups is 1. The van der Waals surface area contributed by atoms with E-state index in [1.54, 1.807) is 4.90 Å². The standard InChI is InChI=1S/C15H26N2O3/c1-2-15(13(18)19)9-6-10-17(11-15)14(20)16-12-7-4-3-5-8-12/h12H,2-11H2,1H3,(H,16,20)(H,18,19). The second-order valence-electron chi connectivity index (χ2n) is 6.25. The number of hydrogen-bond acceptors (Lipinski definition) is 2. The molecule has 2 N–H and O–H groups in total. The molecule has 1 aliphatic heterocycles. The molecule has 1 saturated heterocycles. The van der Waals surface area contributed by atoms with Crippen molar-refractivity contribution < 1.29 is 14.7 Å². The maximum atomic E-state index is 12.3. The highest BCUT2D eigenvalue weighted by atomic mass is 16.4. The van der Waals surface area contributed by atoms with Crippen molar-refractivity contribution in [1.29, 1.82) is 0 Å². The first-order valence-electron chi connectivity index (χ1n) is 7.86. The van der Waals surface area contributed by atoms with Gasteiger partial charge in [0.2, 0.25) is 0 Å². The molecule has 0 spiro atoms. The molecular formula is C15H26N2O3. The average Bonchev–Trinajstić information content (AvgIpc) is 2.48. The van der Waals surface area contributed by atoms with Gasteiger partial charge in [-0.2, -0.15) is 0 Å². The smallest absolute Gasteiger partial charge is 0.317 e. The maximum absolute atomic E-state index is 12.3. The van der Waals surface area contributed by atoms with Crippen molar-refractivity contribution in [2.24, 2.45) is 5.41 Å². The molecule has 1 aliphatic carbocycles. The van der Waals surface area contributed by atoms with Crippen molar-refractivity contribution in [2.75, 3.05) is 13.1 Å². The van der Waals surface area contributed by atoms with Crippen LogP contribution in [0.2, 0.25) is 0 Å². The predicted molar refractivity (Wildman–Crippen MR) is 76.6 cm³/mol. The molecule has 0 aromatic carbocycles. The van der Waals surface area contributed by atoms with Crippen LogP contribution in [-0.4, -0.2) is 41.1 Å². The Morgan fingerprint density at radius 1 is 1.25 bits per heavy atom. The lowest BCUT2D eigenvalue weighted by molar-refractivity contribution is -0.152. The minimum absolute atomic E-state index is 0.0734. The second kappa shape index (κ2) is 6.46. The van der Waals surface area contributed by atoms with Crippen molar-refractivity contribution in [3.05, 3.63) is 0 Å². The summed E-state index contributed by atoms with van der Waals surface area (Å²) in [6.45, 7) is 2.92. The number of carbonyl (C=O) groups excluding carboxylic acids is 1. The molecule has 1 unspecified atom stereocenters. The van der Waals surface area contributed by atoms with E-state index < -0.39 is 11.4 Å². The molecule has 0 bridgehead atoms. The first kappa shape index (κ1) is 15.1. The number of carboxylic acid groups (broad SMARTS) is 1. The van der Waals surface area contributed by atoms with E-state index >= 15 is 0 Å². The number of piperidine rings is 1. The van der Waals surface area contributed by atoms with Gasteiger partial charge in [0.1, 0.15) is 0 Å². The Kier molecular flexibility index (Phi) is 4.89. The van der Waals surface area contributed by atoms with Crippen LogP contribution in [0.4, 0.5) is 4.79 Å². The topological polar surface area (TPSA) is 69.6 Å². The lowest BCUT2D eigenvalue weighted by Crippen LogP contribution is -2.54. The van der Waals surface area contributed by atoms with Gasteiger partial charge in [0, 0.05) is 19.1 Å². The number of rotatable bonds is 3. The van der Waals surface area contributed by atoms with E-state index in [0.29, 0.717) is 25.9 Å². The van der Waals surface area contributed by atoms with Gasteiger partial charge < -0.3 is 15.3 Å². The summed E-state index contributed by atoms with van der Waals surface area (Å²) in [5.74, 6) is -0.768. The Balaban J connectivity index is 1.93. The molecule has 1 heterocycles. The van der Waals surface area contributed by atoms with E-state index in [9.17, 15) is 14.7 Å². The quantitative estimate of drug-likeness (QED) is 0.836. The molecule has 2 fully saturated rings. The van der Waals surface area contributed by atoms with Gasteiger partial charge in [0.05, 0.1) is 5.41 Å². The molecule has 20 heavy (non-hydrogen) atoms. The van der Waals surface area contributed by atoms with E-state index in [4.69, 9.17) is 0 Å². The molecular weight excluding hydrogens is 256 g/mol. The van der Waals surface area contributed by atoms with E-state index in [1.807, 2.05) is 6.92 Å². The largest absolute Gasteiger partial charge is 0.481 e. The third-order valence-electron chi connectivity index (χ3n) is 4.93. The first-order chi connectivity index (χ1) is 9.57. The summed E-state index contributed by atoms with van der Waals surface area (Å²) < 4.78 is 0. The van der Waals surface area contributed by atoms with Gasteiger partial charge in [0.15, 0.2) is 0 Å². The molecule has 5 nitrogen and oxygen atoms in total. The van der Waals surface area contributed by atoms with Crippen LogP contribution in [0.15, 0.2) is 0 Å². The summed E-state index contributed by atoms with van der Waals surface area (Å²) >= 11 is 0. The van der Waals surface area contributed by atoms with Crippen molar-refractivity contribution in [1.82, 2.24) is 10.2 Å². The van der Waals surface area contributed by atoms with Crippen LogP contribution in [-0.2, 0) is 4.79 Å². The van der Waals surface area contributed by atoms with Crippen LogP contribution in [0.5, 0.6) is 0 Å². The van der Waals surface area contributed by atoms with E-state index in [2.05, 4.69) is 5.32 Å². The van der Waals surface area contributed by atoms with Gasteiger partial charge in [-0.15, -0.1) is 0 Å². The molecule has 5 heteroatoms. The third kappa shape index (κ3) is 3.25. The fourth-order valence-corrected chi connectivity index (χ4v) is 3.43. The van der Waals surface area contributed by atoms with E-state index in [0.717, 1.165) is 19.3 Å². The summed E-state index contributed by atoms with van der Waals surface area (Å²) in [7, 11) is 0. The van der Waals surface area contributed by atoms with E-state index in [1.165, 1.54) is 19.3 Å². The van der Waals surface area contributed by atoms with Crippen LogP contribution in [0.1, 0.15) is 58.3 Å². The Hall–Kier alpha value is -1.26. The Bertz CT molecular complexity index is 366. The molecule has 114 valence electrons. The normalized spacial score (nSPS) is 28.1. The van der Waals surface area contributed by atoms with Crippen molar-refractivity contribution >= 4 is 12.0 Å². The molecule has 0 radical (unpaired) electrons. The Labute approximate surface area is 120 Å². The van der Waals surface area contributed by atoms with Crippen molar-refractivity contribution in [3.63, 3.8) is 0 Å². The Morgan fingerprint density at radius 3 is 2.55 bits per heavy atom. The number of aliphatic carboxylic acids is 1. The monoisotopic (exact) mass is 282 g/mol. The second-order valence-corrected chi connectivity index (χ2v) is 6.25. The average molecular weight is 282 g/mol. The Morgan fingerprint density at radius 2 is 1.95 bits per heavy atom. The van der Waals surface area contributed by atoms with Crippen LogP contribution in [0.25, 0.3) is 0 Å². The highest BCUT2D eigenvalue weighted by Crippen LogP contribution is 2.33. The fraction of sp³-hybridized carbons (Fsp3) is 0.867. The maximum Gasteiger partial charge on any atom is 0.317 e. The van der Waals surface area contributed by atoms with Crippen molar-refractivity contribution in [3.8, 4) is 0 Å². The number of carbonyl (C=O) groups is 2. The van der Waals surface area contributed by atoms with Crippen LogP contribution >= 0.6 is 0 Å². The van der Waals surface area contributed by atoms with Gasteiger partial charge in [0.25, 0.3) is 0 Å². The number of nitrogens with zero attached hydrogens (tertiary/aromatic N) is 1. The molecule has 1 atom stereocenters. The highest BCUT2D eigenvalue weighted by molar-refractivity contribution is 5.79. The zero-order valence-electron chi connectivity index (χ0n) is 12.4. The lowest BCUT2D eigenvalue weighted by atomic mass is 9.78. The third-order valence-corrected chi connectivity index (χ3v) is 4.93. The van der Waals surface area contributed by atoms with Gasteiger partial charge >= 0.3 is 12.0 Å². The van der Waals surface area contributed by atoms with Gasteiger partial charge in [-0.3, -0.25) is 4.79 Å². The summed E-state index contributed by atoms with van der Waals surface area (Å²) in [6, 6.07) is 0.203. The molecule has 2 rings (SSSR count). The minimum Gasteiger partial charge on any atom is -0.481 e. The number of hydrogen-bond donors (Lipinski definition) is 2. The number of amides is 2. The number of carboxylic acids is 1. The summed E-state index contributed by atoms with van der Waals surface area (Å²) in [5, 5.41) is 12.5. The molecule has 2 aliphatic rings. The minimum atomic E-state index is -0.768. The first-order valence-corrected chi connectivity index (χ1v) is 7.86. The summed E-state index contributed by atoms with van der Waals surface area (Å²) in [4.78, 5) is 25.5. The molecule has 0 aromatic heterocycles. The van der Waals surface area contributed by atoms with E-state index in [-0.39, 0.29) is 12.1 Å². The van der Waals surface area contributed by atoms with Crippen LogP contribution in [0.3, 0.4) is 0 Å². The predicted octanol–water partition coefficient (Wildman–Crippen LogP) is 2.61. The zero-order valence-corrected chi connectivity index (χ0v) is 12.4. The SMILES string of the molecule is CCC1(C(=O)O)CCCN(C(=O)NC2CCCCC2)C1. The number of nitrogens with one attached hydrogen (secondary N) is 1. The summed E-state index contributed by atoms with van der Waals surface area (Å²) in [6.07, 6.45) is 7.75. The lowest BCUT2D eigenvalue weighted by Gasteiger charge is -2.40. The number of likely N-dealkylation sites (tertiary alicyclic amines) is 1. The summed E-state index contributed by atoms with van der Waals surface area (Å²) in [5.41, 5.74) is -0.748. The zero-order chi connectivity index (χ0) is 14.6. The molecule has 1 saturated carbocycles.